The maximum Gasteiger partial charge on any atom is 0.402 e. The van der Waals surface area contributed by atoms with Crippen LogP contribution in [-0.2, 0) is 0 Å². The monoisotopic (exact) mass is 306 g/mol. The van der Waals surface area contributed by atoms with E-state index in [9.17, 15) is 26.3 Å². The molecule has 3 fully saturated rings. The summed E-state index contributed by atoms with van der Waals surface area (Å²) in [5, 5.41) is -0.0333. The Kier molecular flexibility index (Phi) is 3.82. The van der Waals surface area contributed by atoms with Crippen molar-refractivity contribution in [2.24, 2.45) is 17.3 Å². The normalized spacial score (nSPS) is 32.7. The Morgan fingerprint density at radius 1 is 1.00 bits per heavy atom. The highest BCUT2D eigenvalue weighted by molar-refractivity contribution is 8.00. The second kappa shape index (κ2) is 4.74. The summed E-state index contributed by atoms with van der Waals surface area (Å²) in [7, 11) is 0. The zero-order chi connectivity index (χ0) is 14.5. The third-order valence-corrected chi connectivity index (χ3v) is 6.20. The Bertz CT molecular complexity index is 312. The Morgan fingerprint density at radius 3 is 1.89 bits per heavy atom. The van der Waals surface area contributed by atoms with Gasteiger partial charge in [0.25, 0.3) is 0 Å². The molecule has 0 spiro atoms. The van der Waals surface area contributed by atoms with Gasteiger partial charge in [-0.15, -0.1) is 0 Å². The highest BCUT2D eigenvalue weighted by Gasteiger charge is 2.68. The van der Waals surface area contributed by atoms with Crippen LogP contribution in [0.3, 0.4) is 0 Å². The van der Waals surface area contributed by atoms with E-state index in [0.29, 0.717) is 19.3 Å². The van der Waals surface area contributed by atoms with E-state index in [4.69, 9.17) is 0 Å². The molecule has 0 aromatic carbocycles. The first kappa shape index (κ1) is 15.3. The quantitative estimate of drug-likeness (QED) is 0.644. The van der Waals surface area contributed by atoms with Crippen LogP contribution in [0, 0.1) is 17.3 Å². The van der Waals surface area contributed by atoms with E-state index < -0.39 is 30.1 Å². The summed E-state index contributed by atoms with van der Waals surface area (Å²) in [6.07, 6.45) is -9.10. The average Bonchev–Trinajstić information content (AvgIpc) is 2.27. The maximum atomic E-state index is 12.9. The summed E-state index contributed by atoms with van der Waals surface area (Å²) >= 11 is 1.55. The Labute approximate surface area is 112 Å². The average molecular weight is 306 g/mol. The van der Waals surface area contributed by atoms with Crippen LogP contribution in [0.1, 0.15) is 32.6 Å². The third kappa shape index (κ3) is 2.72. The first-order chi connectivity index (χ1) is 8.54. The van der Waals surface area contributed by atoms with Crippen molar-refractivity contribution < 1.29 is 26.3 Å². The van der Waals surface area contributed by atoms with Crippen LogP contribution in [0.2, 0.25) is 0 Å². The zero-order valence-electron chi connectivity index (χ0n) is 10.4. The molecule has 3 aliphatic rings. The van der Waals surface area contributed by atoms with Crippen molar-refractivity contribution in [3.05, 3.63) is 0 Å². The van der Waals surface area contributed by atoms with E-state index in [1.54, 1.807) is 11.8 Å². The molecule has 19 heavy (non-hydrogen) atoms. The summed E-state index contributed by atoms with van der Waals surface area (Å²) in [4.78, 5) is 0. The Balaban J connectivity index is 2.18. The lowest BCUT2D eigenvalue weighted by molar-refractivity contribution is -0.340. The second-order valence-corrected chi connectivity index (χ2v) is 7.11. The minimum Gasteiger partial charge on any atom is -0.170 e. The molecule has 2 heterocycles. The van der Waals surface area contributed by atoms with Gasteiger partial charge in [0.15, 0.2) is 5.41 Å². The lowest BCUT2D eigenvalue weighted by Gasteiger charge is -2.46. The first-order valence-corrected chi connectivity index (χ1v) is 7.34. The molecule has 2 aliphatic heterocycles. The minimum atomic E-state index is -5.24. The highest BCUT2D eigenvalue weighted by Crippen LogP contribution is 2.57. The van der Waals surface area contributed by atoms with Crippen molar-refractivity contribution in [3.63, 3.8) is 0 Å². The van der Waals surface area contributed by atoms with Gasteiger partial charge in [-0.1, -0.05) is 0 Å². The van der Waals surface area contributed by atoms with Gasteiger partial charge in [-0.2, -0.15) is 38.1 Å². The van der Waals surface area contributed by atoms with Crippen molar-refractivity contribution in [2.75, 3.05) is 5.75 Å². The van der Waals surface area contributed by atoms with E-state index in [0.717, 1.165) is 18.6 Å². The van der Waals surface area contributed by atoms with Crippen LogP contribution in [0.15, 0.2) is 0 Å². The zero-order valence-corrected chi connectivity index (χ0v) is 11.3. The topological polar surface area (TPSA) is 0 Å². The summed E-state index contributed by atoms with van der Waals surface area (Å²) in [6, 6.07) is 0. The Hall–Kier alpha value is -0.0700. The molecule has 2 bridgehead atoms. The lowest BCUT2D eigenvalue weighted by atomic mass is 9.71. The summed E-state index contributed by atoms with van der Waals surface area (Å²) < 4.78 is 77.2. The number of fused-ring (bicyclic) bond motifs is 3. The molecule has 1 saturated carbocycles. The standard InChI is InChI=1S/C12H16F6S/c1-10(11(13,14)15,12(16,17)18)5-8-4-7-2-3-9(8)19-6-7/h7-9H,2-6H2,1H3. The molecule has 0 N–H and O–H groups in total. The van der Waals surface area contributed by atoms with E-state index in [1.165, 1.54) is 0 Å². The van der Waals surface area contributed by atoms with Gasteiger partial charge in [-0.05, 0) is 50.2 Å². The molecular formula is C12H16F6S. The van der Waals surface area contributed by atoms with Crippen molar-refractivity contribution in [3.8, 4) is 0 Å². The summed E-state index contributed by atoms with van der Waals surface area (Å²) in [6.45, 7) is 0.306. The van der Waals surface area contributed by atoms with Gasteiger partial charge in [-0.3, -0.25) is 0 Å². The molecule has 3 unspecified atom stereocenters. The van der Waals surface area contributed by atoms with Crippen molar-refractivity contribution in [1.82, 2.24) is 0 Å². The summed E-state index contributed by atoms with van der Waals surface area (Å²) in [5.41, 5.74) is -3.58. The molecule has 0 aromatic heterocycles. The second-order valence-electron chi connectivity index (χ2n) is 5.84. The SMILES string of the molecule is CC(CC1CC2CCC1SC2)(C(F)(F)F)C(F)(F)F. The van der Waals surface area contributed by atoms with Gasteiger partial charge >= 0.3 is 12.4 Å². The van der Waals surface area contributed by atoms with Gasteiger partial charge in [0.2, 0.25) is 0 Å². The third-order valence-electron chi connectivity index (χ3n) is 4.49. The van der Waals surface area contributed by atoms with E-state index >= 15 is 0 Å². The fraction of sp³-hybridized carbons (Fsp3) is 1.00. The van der Waals surface area contributed by atoms with Crippen molar-refractivity contribution in [2.45, 2.75) is 50.2 Å². The number of hydrogen-bond donors (Lipinski definition) is 0. The van der Waals surface area contributed by atoms with Crippen LogP contribution in [0.25, 0.3) is 0 Å². The Morgan fingerprint density at radius 2 is 1.58 bits per heavy atom. The molecular weight excluding hydrogens is 290 g/mol. The fourth-order valence-corrected chi connectivity index (χ4v) is 4.70. The van der Waals surface area contributed by atoms with E-state index in [2.05, 4.69) is 0 Å². The number of hydrogen-bond acceptors (Lipinski definition) is 1. The molecule has 1 aliphatic carbocycles. The molecule has 0 amide bonds. The molecule has 7 heteroatoms. The smallest absolute Gasteiger partial charge is 0.170 e. The van der Waals surface area contributed by atoms with Crippen LogP contribution < -0.4 is 0 Å². The molecule has 0 nitrogen and oxygen atoms in total. The van der Waals surface area contributed by atoms with Crippen LogP contribution in [0.5, 0.6) is 0 Å². The number of rotatable bonds is 2. The number of halogens is 6. The lowest BCUT2D eigenvalue weighted by Crippen LogP contribution is -2.51. The van der Waals surface area contributed by atoms with Crippen LogP contribution >= 0.6 is 11.8 Å². The van der Waals surface area contributed by atoms with Crippen LogP contribution in [0.4, 0.5) is 26.3 Å². The van der Waals surface area contributed by atoms with Gasteiger partial charge in [-0.25, -0.2) is 0 Å². The molecule has 112 valence electrons. The molecule has 0 radical (unpaired) electrons. The minimum absolute atomic E-state index is 0.0333. The van der Waals surface area contributed by atoms with Crippen molar-refractivity contribution in [1.29, 1.82) is 0 Å². The van der Waals surface area contributed by atoms with Crippen molar-refractivity contribution >= 4 is 11.8 Å². The maximum absolute atomic E-state index is 12.9. The van der Waals surface area contributed by atoms with E-state index in [-0.39, 0.29) is 5.25 Å². The predicted octanol–water partition coefficient (Wildman–Crippen LogP) is 5.04. The number of alkyl halides is 6. The van der Waals surface area contributed by atoms with Gasteiger partial charge in [0.1, 0.15) is 0 Å². The van der Waals surface area contributed by atoms with Crippen LogP contribution in [-0.4, -0.2) is 23.4 Å². The molecule has 2 saturated heterocycles. The highest BCUT2D eigenvalue weighted by atomic mass is 32.2. The van der Waals surface area contributed by atoms with E-state index in [1.807, 2.05) is 0 Å². The molecule has 3 rings (SSSR count). The number of thioether (sulfide) groups is 1. The van der Waals surface area contributed by atoms with Gasteiger partial charge in [0.05, 0.1) is 0 Å². The molecule has 3 atom stereocenters. The summed E-state index contributed by atoms with van der Waals surface area (Å²) in [5.74, 6) is 0.715. The van der Waals surface area contributed by atoms with Gasteiger partial charge in [0, 0.05) is 5.25 Å². The fourth-order valence-electron chi connectivity index (χ4n) is 3.10. The molecule has 0 aromatic rings. The first-order valence-electron chi connectivity index (χ1n) is 6.29. The van der Waals surface area contributed by atoms with Gasteiger partial charge < -0.3 is 0 Å². The largest absolute Gasteiger partial charge is 0.402 e. The predicted molar refractivity (Wildman–Crippen MR) is 61.9 cm³/mol.